The fourth-order valence-electron chi connectivity index (χ4n) is 2.03. The van der Waals surface area contributed by atoms with E-state index in [-0.39, 0.29) is 6.10 Å². The number of hydrogen-bond acceptors (Lipinski definition) is 5. The van der Waals surface area contributed by atoms with E-state index in [1.165, 1.54) is 0 Å². The summed E-state index contributed by atoms with van der Waals surface area (Å²) in [6, 6.07) is 3.57. The average molecular weight is 222 g/mol. The maximum Gasteiger partial charge on any atom is 0.148 e. The number of nitrogens with two attached hydrogens (primary N) is 1. The molecule has 1 heterocycles. The molecule has 5 nitrogen and oxygen atoms in total. The fraction of sp³-hybridized carbons (Fsp3) is 0.636. The van der Waals surface area contributed by atoms with E-state index >= 15 is 0 Å². The van der Waals surface area contributed by atoms with E-state index in [1.807, 2.05) is 6.07 Å². The molecule has 1 aliphatic carbocycles. The van der Waals surface area contributed by atoms with Gasteiger partial charge in [0, 0.05) is 6.54 Å². The molecule has 0 amide bonds. The van der Waals surface area contributed by atoms with E-state index < -0.39 is 0 Å². The van der Waals surface area contributed by atoms with E-state index in [4.69, 9.17) is 5.73 Å². The third-order valence-electron chi connectivity index (χ3n) is 3.07. The molecule has 1 aliphatic rings. The van der Waals surface area contributed by atoms with Crippen LogP contribution in [0.5, 0.6) is 0 Å². The molecule has 0 spiro atoms. The van der Waals surface area contributed by atoms with Crippen LogP contribution in [0, 0.1) is 5.92 Å². The molecule has 5 heteroatoms. The Hall–Kier alpha value is -1.36. The van der Waals surface area contributed by atoms with E-state index in [0.717, 1.165) is 38.0 Å². The van der Waals surface area contributed by atoms with E-state index in [1.54, 1.807) is 6.07 Å². The van der Waals surface area contributed by atoms with E-state index in [0.29, 0.717) is 11.7 Å². The van der Waals surface area contributed by atoms with Gasteiger partial charge in [-0.2, -0.15) is 0 Å². The van der Waals surface area contributed by atoms with Gasteiger partial charge in [-0.25, -0.2) is 0 Å². The molecule has 1 aromatic rings. The highest BCUT2D eigenvalue weighted by Gasteiger charge is 2.18. The molecule has 0 atom stereocenters. The number of nitrogen functional groups attached to an aromatic ring is 1. The Labute approximate surface area is 95.1 Å². The zero-order valence-corrected chi connectivity index (χ0v) is 9.26. The summed E-state index contributed by atoms with van der Waals surface area (Å²) >= 11 is 0. The topological polar surface area (TPSA) is 84.1 Å². The minimum absolute atomic E-state index is 0.0902. The van der Waals surface area contributed by atoms with Crippen molar-refractivity contribution < 1.29 is 5.11 Å². The van der Waals surface area contributed by atoms with Crippen LogP contribution in [-0.4, -0.2) is 28.0 Å². The van der Waals surface area contributed by atoms with Crippen molar-refractivity contribution in [2.75, 3.05) is 17.6 Å². The molecule has 0 unspecified atom stereocenters. The fourth-order valence-corrected chi connectivity index (χ4v) is 2.03. The van der Waals surface area contributed by atoms with Crippen LogP contribution in [-0.2, 0) is 0 Å². The zero-order chi connectivity index (χ0) is 11.4. The molecule has 1 fully saturated rings. The first-order valence-corrected chi connectivity index (χ1v) is 5.75. The normalized spacial score (nSPS) is 25.3. The summed E-state index contributed by atoms with van der Waals surface area (Å²) in [5, 5.41) is 20.4. The SMILES string of the molecule is Nc1ccc(NCC2CCC(O)CC2)nn1. The molecule has 16 heavy (non-hydrogen) atoms. The van der Waals surface area contributed by atoms with Crippen molar-refractivity contribution in [1.29, 1.82) is 0 Å². The van der Waals surface area contributed by atoms with Gasteiger partial charge >= 0.3 is 0 Å². The van der Waals surface area contributed by atoms with Gasteiger partial charge in [-0.15, -0.1) is 10.2 Å². The Morgan fingerprint density at radius 1 is 1.25 bits per heavy atom. The van der Waals surface area contributed by atoms with Gasteiger partial charge in [0.15, 0.2) is 0 Å². The van der Waals surface area contributed by atoms with Crippen LogP contribution in [0.25, 0.3) is 0 Å². The van der Waals surface area contributed by atoms with E-state index in [9.17, 15) is 5.11 Å². The van der Waals surface area contributed by atoms with Crippen molar-refractivity contribution in [3.8, 4) is 0 Å². The highest BCUT2D eigenvalue weighted by Crippen LogP contribution is 2.24. The molecule has 4 N–H and O–H groups in total. The van der Waals surface area contributed by atoms with Crippen molar-refractivity contribution in [2.45, 2.75) is 31.8 Å². The maximum atomic E-state index is 9.39. The molecular weight excluding hydrogens is 204 g/mol. The Morgan fingerprint density at radius 2 is 2.00 bits per heavy atom. The predicted octanol–water partition coefficient (Wildman–Crippen LogP) is 1.02. The lowest BCUT2D eigenvalue weighted by Gasteiger charge is -2.25. The first-order valence-electron chi connectivity index (χ1n) is 5.75. The summed E-state index contributed by atoms with van der Waals surface area (Å²) < 4.78 is 0. The Morgan fingerprint density at radius 3 is 2.62 bits per heavy atom. The lowest BCUT2D eigenvalue weighted by molar-refractivity contribution is 0.111. The maximum absolute atomic E-state index is 9.39. The van der Waals surface area contributed by atoms with Crippen LogP contribution >= 0.6 is 0 Å². The summed E-state index contributed by atoms with van der Waals surface area (Å²) in [4.78, 5) is 0. The molecule has 1 saturated carbocycles. The van der Waals surface area contributed by atoms with Gasteiger partial charge in [0.2, 0.25) is 0 Å². The molecule has 0 saturated heterocycles. The largest absolute Gasteiger partial charge is 0.393 e. The standard InChI is InChI=1S/C11H18N4O/c12-10-5-6-11(15-14-10)13-7-8-1-3-9(16)4-2-8/h5-6,8-9,16H,1-4,7H2,(H2,12,14)(H,13,15). The summed E-state index contributed by atoms with van der Waals surface area (Å²) in [5.74, 6) is 1.83. The number of nitrogens with one attached hydrogen (secondary N) is 1. The van der Waals surface area contributed by atoms with Crippen molar-refractivity contribution >= 4 is 11.6 Å². The predicted molar refractivity (Wildman–Crippen MR) is 62.9 cm³/mol. The van der Waals surface area contributed by atoms with Gasteiger partial charge < -0.3 is 16.2 Å². The van der Waals surface area contributed by atoms with E-state index in [2.05, 4.69) is 15.5 Å². The van der Waals surface area contributed by atoms with Gasteiger partial charge in [0.25, 0.3) is 0 Å². The van der Waals surface area contributed by atoms with Gasteiger partial charge in [0.05, 0.1) is 6.10 Å². The summed E-state index contributed by atoms with van der Waals surface area (Å²) in [6.45, 7) is 0.894. The number of anilines is 2. The number of hydrogen-bond donors (Lipinski definition) is 3. The van der Waals surface area contributed by atoms with Crippen molar-refractivity contribution in [2.24, 2.45) is 5.92 Å². The Kier molecular flexibility index (Phi) is 3.56. The summed E-state index contributed by atoms with van der Waals surface area (Å²) in [7, 11) is 0. The highest BCUT2D eigenvalue weighted by molar-refractivity contribution is 5.38. The second-order valence-corrected chi connectivity index (χ2v) is 4.40. The average Bonchev–Trinajstić information content (AvgIpc) is 2.30. The molecule has 0 aromatic carbocycles. The van der Waals surface area contributed by atoms with Gasteiger partial charge in [0.1, 0.15) is 11.6 Å². The van der Waals surface area contributed by atoms with Gasteiger partial charge in [-0.05, 0) is 43.7 Å². The molecule has 0 radical (unpaired) electrons. The number of nitrogens with zero attached hydrogens (tertiary/aromatic N) is 2. The monoisotopic (exact) mass is 222 g/mol. The van der Waals surface area contributed by atoms with Gasteiger partial charge in [-0.1, -0.05) is 0 Å². The Bertz CT molecular complexity index is 319. The lowest BCUT2D eigenvalue weighted by atomic mass is 9.87. The second kappa shape index (κ2) is 5.12. The zero-order valence-electron chi connectivity index (χ0n) is 9.26. The Balaban J connectivity index is 1.77. The quantitative estimate of drug-likeness (QED) is 0.711. The smallest absolute Gasteiger partial charge is 0.148 e. The van der Waals surface area contributed by atoms with Crippen molar-refractivity contribution in [1.82, 2.24) is 10.2 Å². The molecule has 1 aromatic heterocycles. The third kappa shape index (κ3) is 3.06. The molecular formula is C11H18N4O. The van der Waals surface area contributed by atoms with Crippen LogP contribution in [0.3, 0.4) is 0 Å². The molecule has 2 rings (SSSR count). The second-order valence-electron chi connectivity index (χ2n) is 4.40. The molecule has 0 aliphatic heterocycles. The summed E-state index contributed by atoms with van der Waals surface area (Å²) in [6.07, 6.45) is 3.90. The minimum Gasteiger partial charge on any atom is -0.393 e. The number of aliphatic hydroxyl groups is 1. The number of aliphatic hydroxyl groups excluding tert-OH is 1. The van der Waals surface area contributed by atoms with Crippen LogP contribution < -0.4 is 11.1 Å². The van der Waals surface area contributed by atoms with Crippen LogP contribution in [0.2, 0.25) is 0 Å². The first kappa shape index (κ1) is 11.1. The number of aromatic nitrogens is 2. The van der Waals surface area contributed by atoms with Crippen molar-refractivity contribution in [3.63, 3.8) is 0 Å². The molecule has 0 bridgehead atoms. The van der Waals surface area contributed by atoms with Crippen LogP contribution in [0.4, 0.5) is 11.6 Å². The third-order valence-corrected chi connectivity index (χ3v) is 3.07. The highest BCUT2D eigenvalue weighted by atomic mass is 16.3. The summed E-state index contributed by atoms with van der Waals surface area (Å²) in [5.41, 5.74) is 5.45. The van der Waals surface area contributed by atoms with Crippen LogP contribution in [0.1, 0.15) is 25.7 Å². The first-order chi connectivity index (χ1) is 7.74. The van der Waals surface area contributed by atoms with Crippen LogP contribution in [0.15, 0.2) is 12.1 Å². The lowest BCUT2D eigenvalue weighted by Crippen LogP contribution is -2.23. The minimum atomic E-state index is -0.0902. The van der Waals surface area contributed by atoms with Crippen molar-refractivity contribution in [3.05, 3.63) is 12.1 Å². The number of rotatable bonds is 3. The molecule has 88 valence electrons. The van der Waals surface area contributed by atoms with Gasteiger partial charge in [-0.3, -0.25) is 0 Å².